The Labute approximate surface area is 113 Å². The monoisotopic (exact) mass is 258 g/mol. The number of benzene rings is 1. The summed E-state index contributed by atoms with van der Waals surface area (Å²) in [6.45, 7) is 5.15. The van der Waals surface area contributed by atoms with Crippen molar-refractivity contribution in [3.8, 4) is 0 Å². The molecule has 0 unspecified atom stereocenters. The number of nitrogens with zero attached hydrogens (tertiary/aromatic N) is 2. The Hall–Kier alpha value is -2.10. The van der Waals surface area contributed by atoms with Gasteiger partial charge in [0.15, 0.2) is 0 Å². The van der Waals surface area contributed by atoms with E-state index in [1.54, 1.807) is 6.20 Å². The van der Waals surface area contributed by atoms with Crippen molar-refractivity contribution in [2.45, 2.75) is 13.8 Å². The van der Waals surface area contributed by atoms with Crippen LogP contribution in [-0.2, 0) is 9.53 Å². The highest BCUT2D eigenvalue weighted by Gasteiger charge is 2.14. The Morgan fingerprint density at radius 1 is 1.26 bits per heavy atom. The van der Waals surface area contributed by atoms with Crippen molar-refractivity contribution in [1.82, 2.24) is 4.98 Å². The third-order valence-electron chi connectivity index (χ3n) is 2.96. The average molecular weight is 258 g/mol. The first kappa shape index (κ1) is 13.3. The summed E-state index contributed by atoms with van der Waals surface area (Å²) in [6, 6.07) is 10.0. The molecule has 0 saturated heterocycles. The van der Waals surface area contributed by atoms with Gasteiger partial charge in [-0.3, -0.25) is 4.79 Å². The number of rotatable bonds is 5. The second kappa shape index (κ2) is 6.18. The van der Waals surface area contributed by atoms with Gasteiger partial charge in [0.05, 0.1) is 6.61 Å². The van der Waals surface area contributed by atoms with Crippen molar-refractivity contribution in [3.63, 3.8) is 0 Å². The van der Waals surface area contributed by atoms with Crippen molar-refractivity contribution >= 4 is 22.6 Å². The van der Waals surface area contributed by atoms with Crippen molar-refractivity contribution in [2.75, 3.05) is 24.6 Å². The van der Waals surface area contributed by atoms with E-state index in [0.717, 1.165) is 16.6 Å². The van der Waals surface area contributed by atoms with Crippen LogP contribution in [0.25, 0.3) is 10.8 Å². The van der Waals surface area contributed by atoms with E-state index in [-0.39, 0.29) is 12.5 Å². The van der Waals surface area contributed by atoms with E-state index in [4.69, 9.17) is 4.74 Å². The minimum absolute atomic E-state index is 0.223. The predicted octanol–water partition coefficient (Wildman–Crippen LogP) is 2.62. The number of anilines is 1. The maximum atomic E-state index is 11.6. The largest absolute Gasteiger partial charge is 0.465 e. The van der Waals surface area contributed by atoms with Gasteiger partial charge in [-0.2, -0.15) is 0 Å². The van der Waals surface area contributed by atoms with E-state index in [1.807, 2.05) is 49.1 Å². The maximum Gasteiger partial charge on any atom is 0.325 e. The maximum absolute atomic E-state index is 11.6. The van der Waals surface area contributed by atoms with Crippen LogP contribution in [0.4, 0.5) is 5.82 Å². The first-order valence-corrected chi connectivity index (χ1v) is 6.50. The first-order chi connectivity index (χ1) is 9.26. The molecule has 2 rings (SSSR count). The molecule has 19 heavy (non-hydrogen) atoms. The van der Waals surface area contributed by atoms with Crippen LogP contribution in [0, 0.1) is 0 Å². The zero-order chi connectivity index (χ0) is 13.7. The van der Waals surface area contributed by atoms with Crippen LogP contribution in [0.3, 0.4) is 0 Å². The second-order valence-corrected chi connectivity index (χ2v) is 4.17. The van der Waals surface area contributed by atoms with Crippen LogP contribution in [0.15, 0.2) is 36.5 Å². The van der Waals surface area contributed by atoms with Gasteiger partial charge in [0.2, 0.25) is 0 Å². The van der Waals surface area contributed by atoms with E-state index in [9.17, 15) is 4.79 Å². The molecule has 0 fully saturated rings. The van der Waals surface area contributed by atoms with Crippen LogP contribution >= 0.6 is 0 Å². The standard InChI is InChI=1S/C15H18N2O2/c1-3-17(11-14(18)19-4-2)15-13-8-6-5-7-12(13)9-10-16-15/h5-10H,3-4,11H2,1-2H3. The quantitative estimate of drug-likeness (QED) is 0.773. The SMILES string of the molecule is CCOC(=O)CN(CC)c1nccc2ccccc12. The van der Waals surface area contributed by atoms with Crippen molar-refractivity contribution in [3.05, 3.63) is 36.5 Å². The van der Waals surface area contributed by atoms with Gasteiger partial charge in [-0.25, -0.2) is 4.98 Å². The fourth-order valence-corrected chi connectivity index (χ4v) is 2.05. The molecule has 0 saturated carbocycles. The van der Waals surface area contributed by atoms with Crippen LogP contribution in [0.1, 0.15) is 13.8 Å². The molecular formula is C15H18N2O2. The van der Waals surface area contributed by atoms with Gasteiger partial charge in [0.25, 0.3) is 0 Å². The van der Waals surface area contributed by atoms with Crippen LogP contribution in [0.2, 0.25) is 0 Å². The number of fused-ring (bicyclic) bond motifs is 1. The van der Waals surface area contributed by atoms with Gasteiger partial charge in [0, 0.05) is 18.1 Å². The van der Waals surface area contributed by atoms with Gasteiger partial charge < -0.3 is 9.64 Å². The van der Waals surface area contributed by atoms with Crippen molar-refractivity contribution < 1.29 is 9.53 Å². The lowest BCUT2D eigenvalue weighted by Crippen LogP contribution is -2.31. The summed E-state index contributed by atoms with van der Waals surface area (Å²) < 4.78 is 5.00. The van der Waals surface area contributed by atoms with Crippen LogP contribution in [0.5, 0.6) is 0 Å². The summed E-state index contributed by atoms with van der Waals surface area (Å²) >= 11 is 0. The summed E-state index contributed by atoms with van der Waals surface area (Å²) in [5.74, 6) is 0.604. The predicted molar refractivity (Wildman–Crippen MR) is 76.3 cm³/mol. The van der Waals surface area contributed by atoms with Gasteiger partial charge >= 0.3 is 5.97 Å². The van der Waals surface area contributed by atoms with Crippen LogP contribution in [-0.4, -0.2) is 30.6 Å². The molecule has 0 spiro atoms. The van der Waals surface area contributed by atoms with Crippen LogP contribution < -0.4 is 4.90 Å². The van der Waals surface area contributed by atoms with E-state index in [1.165, 1.54) is 0 Å². The highest BCUT2D eigenvalue weighted by molar-refractivity contribution is 5.93. The fourth-order valence-electron chi connectivity index (χ4n) is 2.05. The zero-order valence-corrected chi connectivity index (χ0v) is 11.3. The Bertz CT molecular complexity index is 564. The van der Waals surface area contributed by atoms with E-state index in [2.05, 4.69) is 4.98 Å². The molecule has 0 amide bonds. The van der Waals surface area contributed by atoms with Gasteiger partial charge in [0.1, 0.15) is 12.4 Å². The Morgan fingerprint density at radius 2 is 2.05 bits per heavy atom. The molecule has 100 valence electrons. The summed E-state index contributed by atoms with van der Waals surface area (Å²) in [5.41, 5.74) is 0. The molecule has 1 aromatic heterocycles. The lowest BCUT2D eigenvalue weighted by Gasteiger charge is -2.22. The third kappa shape index (κ3) is 3.02. The minimum Gasteiger partial charge on any atom is -0.465 e. The smallest absolute Gasteiger partial charge is 0.325 e. The number of pyridine rings is 1. The number of hydrogen-bond acceptors (Lipinski definition) is 4. The van der Waals surface area contributed by atoms with E-state index >= 15 is 0 Å². The lowest BCUT2D eigenvalue weighted by atomic mass is 10.1. The number of carbonyl (C=O) groups excluding carboxylic acids is 1. The summed E-state index contributed by atoms with van der Waals surface area (Å²) in [5, 5.41) is 2.17. The zero-order valence-electron chi connectivity index (χ0n) is 11.3. The lowest BCUT2D eigenvalue weighted by molar-refractivity contribution is -0.141. The molecule has 0 N–H and O–H groups in total. The number of ether oxygens (including phenoxy) is 1. The molecule has 0 bridgehead atoms. The second-order valence-electron chi connectivity index (χ2n) is 4.17. The molecule has 0 radical (unpaired) electrons. The number of esters is 1. The molecule has 1 heterocycles. The first-order valence-electron chi connectivity index (χ1n) is 6.50. The molecular weight excluding hydrogens is 240 g/mol. The molecule has 0 atom stereocenters. The number of likely N-dealkylation sites (N-methyl/N-ethyl adjacent to an activating group) is 1. The molecule has 0 aliphatic heterocycles. The topological polar surface area (TPSA) is 42.4 Å². The highest BCUT2D eigenvalue weighted by atomic mass is 16.5. The average Bonchev–Trinajstić information content (AvgIpc) is 2.44. The van der Waals surface area contributed by atoms with E-state index < -0.39 is 0 Å². The summed E-state index contributed by atoms with van der Waals surface area (Å²) in [6.07, 6.45) is 1.77. The Morgan fingerprint density at radius 3 is 2.79 bits per heavy atom. The van der Waals surface area contributed by atoms with Gasteiger partial charge in [-0.1, -0.05) is 24.3 Å². The van der Waals surface area contributed by atoms with Gasteiger partial charge in [-0.15, -0.1) is 0 Å². The molecule has 0 aliphatic rings. The van der Waals surface area contributed by atoms with Gasteiger partial charge in [-0.05, 0) is 25.3 Å². The summed E-state index contributed by atoms with van der Waals surface area (Å²) in [7, 11) is 0. The van der Waals surface area contributed by atoms with E-state index in [0.29, 0.717) is 13.2 Å². The fraction of sp³-hybridized carbons (Fsp3) is 0.333. The Kier molecular flexibility index (Phi) is 4.34. The third-order valence-corrected chi connectivity index (χ3v) is 2.96. The normalized spacial score (nSPS) is 10.4. The van der Waals surface area contributed by atoms with Crippen molar-refractivity contribution in [2.24, 2.45) is 0 Å². The highest BCUT2D eigenvalue weighted by Crippen LogP contribution is 2.23. The summed E-state index contributed by atoms with van der Waals surface area (Å²) in [4.78, 5) is 18.0. The molecule has 2 aromatic rings. The number of carbonyl (C=O) groups is 1. The molecule has 4 heteroatoms. The minimum atomic E-state index is -0.223. The number of aromatic nitrogens is 1. The molecule has 0 aliphatic carbocycles. The molecule has 4 nitrogen and oxygen atoms in total. The molecule has 1 aromatic carbocycles. The Balaban J connectivity index is 2.32. The van der Waals surface area contributed by atoms with Crippen molar-refractivity contribution in [1.29, 1.82) is 0 Å². The number of hydrogen-bond donors (Lipinski definition) is 0.